The molecule has 4 aliphatic heterocycles. The van der Waals surface area contributed by atoms with Gasteiger partial charge in [-0.2, -0.15) is 3.69 Å². The molecule has 15 heavy (non-hydrogen) atoms. The molecule has 0 unspecified atom stereocenters. The van der Waals surface area contributed by atoms with Gasteiger partial charge in [0.25, 0.3) is 0 Å². The molecule has 0 radical (unpaired) electrons. The van der Waals surface area contributed by atoms with E-state index in [0.717, 1.165) is 0 Å². The molecule has 0 aromatic rings. The zero-order valence-corrected chi connectivity index (χ0v) is 9.19. The van der Waals surface area contributed by atoms with E-state index in [-0.39, 0.29) is 0 Å². The van der Waals surface area contributed by atoms with Gasteiger partial charge in [-0.15, -0.1) is 0 Å². The van der Waals surface area contributed by atoms with Crippen LogP contribution >= 0.6 is 22.9 Å². The molecule has 0 saturated carbocycles. The summed E-state index contributed by atoms with van der Waals surface area (Å²) < 4.78 is 42.3. The van der Waals surface area contributed by atoms with Crippen molar-refractivity contribution in [3.05, 3.63) is 0 Å². The summed E-state index contributed by atoms with van der Waals surface area (Å²) in [4.78, 5) is 0. The lowest BCUT2D eigenvalue weighted by Gasteiger charge is -2.37. The van der Waals surface area contributed by atoms with E-state index in [1.807, 2.05) is 0 Å². The van der Waals surface area contributed by atoms with Crippen LogP contribution in [0.2, 0.25) is 0 Å². The Hall–Kier alpha value is 0.695. The SMILES string of the molecule is INOB1OB2OB(O1)OB1OB(O2)O1. The maximum absolute atomic E-state index is 5.05. The Morgan fingerprint density at radius 3 is 1.53 bits per heavy atom. The Labute approximate surface area is 100 Å². The molecule has 4 fully saturated rings. The molecule has 4 saturated heterocycles. The lowest BCUT2D eigenvalue weighted by molar-refractivity contribution is 0.0428. The maximum atomic E-state index is 5.05. The van der Waals surface area contributed by atoms with Crippen molar-refractivity contribution in [3.63, 3.8) is 0 Å². The third kappa shape index (κ3) is 2.36. The molecule has 0 aromatic carbocycles. The fourth-order valence-corrected chi connectivity index (χ4v) is 1.30. The Morgan fingerprint density at radius 1 is 0.733 bits per heavy atom. The van der Waals surface area contributed by atoms with Crippen LogP contribution in [0.3, 0.4) is 0 Å². The second-order valence-electron chi connectivity index (χ2n) is 2.59. The first-order valence-electron chi connectivity index (χ1n) is 3.93. The van der Waals surface area contributed by atoms with Crippen molar-refractivity contribution >= 4 is 59.5 Å². The third-order valence-electron chi connectivity index (χ3n) is 1.70. The van der Waals surface area contributed by atoms with Gasteiger partial charge in [0.05, 0.1) is 0 Å². The van der Waals surface area contributed by atoms with E-state index >= 15 is 0 Å². The summed E-state index contributed by atoms with van der Waals surface area (Å²) in [6.45, 7) is 0. The van der Waals surface area contributed by atoms with Gasteiger partial charge in [0, 0.05) is 22.9 Å². The highest BCUT2D eigenvalue weighted by Crippen LogP contribution is 2.22. The molecule has 9 nitrogen and oxygen atoms in total. The van der Waals surface area contributed by atoms with Crippen molar-refractivity contribution in [1.82, 2.24) is 3.69 Å². The Balaban J connectivity index is 1.65. The first-order valence-corrected chi connectivity index (χ1v) is 5.01. The first-order chi connectivity index (χ1) is 7.33. The number of hydrogen-bond donors (Lipinski definition) is 1. The van der Waals surface area contributed by atoms with Gasteiger partial charge >= 0.3 is 36.6 Å². The Kier molecular flexibility index (Phi) is 3.26. The highest BCUT2D eigenvalue weighted by molar-refractivity contribution is 14.1. The standard InChI is InChI=1S/B5HINO8/c6-7-15-5-13-3-10-1-8-2(9-1)11-4(12-3)14-5/h7H. The zero-order chi connectivity index (χ0) is 10.3. The first kappa shape index (κ1) is 10.8. The van der Waals surface area contributed by atoms with Crippen LogP contribution in [0.4, 0.5) is 0 Å². The molecule has 0 amide bonds. The predicted molar refractivity (Wildman–Crippen MR) is 54.6 cm³/mol. The average molecular weight is 324 g/mol. The van der Waals surface area contributed by atoms with E-state index in [2.05, 4.69) is 3.69 Å². The van der Waals surface area contributed by atoms with Crippen LogP contribution in [-0.2, 0) is 36.8 Å². The van der Waals surface area contributed by atoms with Crippen LogP contribution in [0.5, 0.6) is 0 Å². The summed E-state index contributed by atoms with van der Waals surface area (Å²) in [5.41, 5.74) is 0. The van der Waals surface area contributed by atoms with E-state index in [9.17, 15) is 0 Å². The van der Waals surface area contributed by atoms with Crippen molar-refractivity contribution in [2.24, 2.45) is 0 Å². The minimum atomic E-state index is -1.04. The molecule has 4 heterocycles. The summed E-state index contributed by atoms with van der Waals surface area (Å²) in [6, 6.07) is 0. The van der Waals surface area contributed by atoms with Crippen LogP contribution in [0, 0.1) is 0 Å². The fourth-order valence-electron chi connectivity index (χ4n) is 1.09. The van der Waals surface area contributed by atoms with E-state index < -0.39 is 36.6 Å². The van der Waals surface area contributed by atoms with Crippen molar-refractivity contribution in [1.29, 1.82) is 0 Å². The van der Waals surface area contributed by atoms with Crippen LogP contribution in [0.25, 0.3) is 0 Å². The predicted octanol–water partition coefficient (Wildman–Crippen LogP) is -2.06. The summed E-state index contributed by atoms with van der Waals surface area (Å²) in [5, 5.41) is 0. The van der Waals surface area contributed by atoms with Gasteiger partial charge in [-0.05, 0) is 0 Å². The third-order valence-corrected chi connectivity index (χ3v) is 1.95. The molecule has 4 rings (SSSR count). The minimum Gasteiger partial charge on any atom is -0.402 e. The van der Waals surface area contributed by atoms with E-state index in [1.54, 1.807) is 22.9 Å². The molecular weight excluding hydrogens is 323 g/mol. The number of hydrogen-bond acceptors (Lipinski definition) is 9. The van der Waals surface area contributed by atoms with Crippen LogP contribution in [0.15, 0.2) is 0 Å². The monoisotopic (exact) mass is 325 g/mol. The molecule has 0 atom stereocenters. The number of rotatable bonds is 2. The molecule has 1 N–H and O–H groups in total. The molecule has 4 aliphatic rings. The van der Waals surface area contributed by atoms with E-state index in [1.165, 1.54) is 0 Å². The lowest BCUT2D eigenvalue weighted by Crippen LogP contribution is -2.66. The lowest BCUT2D eigenvalue weighted by atomic mass is 9.86. The quantitative estimate of drug-likeness (QED) is 0.267. The summed E-state index contributed by atoms with van der Waals surface area (Å²) >= 11 is 1.76. The summed E-state index contributed by atoms with van der Waals surface area (Å²) in [5.74, 6) is 0. The molecular formula is HB5INO8. The largest absolute Gasteiger partial charge is 0.633 e. The van der Waals surface area contributed by atoms with E-state index in [4.69, 9.17) is 36.8 Å². The highest BCUT2D eigenvalue weighted by atomic mass is 127. The van der Waals surface area contributed by atoms with Gasteiger partial charge < -0.3 is 32.0 Å². The van der Waals surface area contributed by atoms with Crippen LogP contribution in [-0.4, -0.2) is 36.6 Å². The molecule has 15 heteroatoms. The summed E-state index contributed by atoms with van der Waals surface area (Å²) in [6.07, 6.45) is 0. The van der Waals surface area contributed by atoms with Crippen molar-refractivity contribution < 1.29 is 36.8 Å². The molecule has 0 spiro atoms. The highest BCUT2D eigenvalue weighted by Gasteiger charge is 2.59. The Bertz CT molecular complexity index is 215. The number of halogens is 1. The zero-order valence-electron chi connectivity index (χ0n) is 7.03. The smallest absolute Gasteiger partial charge is 0.402 e. The van der Waals surface area contributed by atoms with Gasteiger partial charge in [0.2, 0.25) is 0 Å². The average Bonchev–Trinajstić information content (AvgIpc) is 2.12. The minimum absolute atomic E-state index is 0.854. The van der Waals surface area contributed by atoms with Crippen molar-refractivity contribution in [3.8, 4) is 0 Å². The van der Waals surface area contributed by atoms with Gasteiger partial charge in [-0.25, -0.2) is 0 Å². The topological polar surface area (TPSA) is 85.9 Å². The normalized spacial score (nSPS) is 25.0. The maximum Gasteiger partial charge on any atom is 0.633 e. The van der Waals surface area contributed by atoms with E-state index in [0.29, 0.717) is 0 Å². The van der Waals surface area contributed by atoms with Gasteiger partial charge in [0.15, 0.2) is 0 Å². The van der Waals surface area contributed by atoms with Crippen molar-refractivity contribution in [2.45, 2.75) is 0 Å². The second kappa shape index (κ2) is 4.52. The van der Waals surface area contributed by atoms with Gasteiger partial charge in [-0.3, -0.25) is 4.76 Å². The second-order valence-corrected chi connectivity index (χ2v) is 3.03. The Morgan fingerprint density at radius 2 is 1.13 bits per heavy atom. The number of nitrogens with one attached hydrogen (secondary N) is 1. The fraction of sp³-hybridized carbons (Fsp3) is 0. The molecule has 76 valence electrons. The van der Waals surface area contributed by atoms with Crippen LogP contribution < -0.4 is 3.69 Å². The summed E-state index contributed by atoms with van der Waals surface area (Å²) in [7, 11) is -4.78. The van der Waals surface area contributed by atoms with Crippen LogP contribution in [0.1, 0.15) is 0 Å². The molecule has 0 aliphatic carbocycles. The van der Waals surface area contributed by atoms with Gasteiger partial charge in [-0.1, -0.05) is 0 Å². The molecule has 4 bridgehead atoms. The van der Waals surface area contributed by atoms with Crippen molar-refractivity contribution in [2.75, 3.05) is 0 Å². The molecule has 0 aromatic heterocycles. The van der Waals surface area contributed by atoms with Gasteiger partial charge in [0.1, 0.15) is 0 Å².